The minimum atomic E-state index is -0.753. The molecule has 1 heterocycles. The highest BCUT2D eigenvalue weighted by molar-refractivity contribution is 5.91. The van der Waals surface area contributed by atoms with E-state index in [1.165, 1.54) is 0 Å². The molecule has 0 bridgehead atoms. The molecule has 0 aromatic carbocycles. The van der Waals surface area contributed by atoms with Crippen LogP contribution in [-0.2, 0) is 23.9 Å². The number of hydroxylamine groups is 2. The van der Waals surface area contributed by atoms with Gasteiger partial charge in [0, 0.05) is 0 Å². The number of alkyl carbamates (subject to hydrolysis) is 1. The van der Waals surface area contributed by atoms with E-state index in [9.17, 15) is 14.4 Å². The van der Waals surface area contributed by atoms with Crippen molar-refractivity contribution in [1.82, 2.24) is 10.4 Å². The number of nitrogens with zero attached hydrogens (tertiary/aromatic N) is 1. The molecular formula is C14H20N2O6. The van der Waals surface area contributed by atoms with E-state index in [-0.39, 0.29) is 6.61 Å². The number of carbonyl (C=O) groups is 3. The molecule has 0 aromatic rings. The largest absolute Gasteiger partial charge is 0.451 e. The van der Waals surface area contributed by atoms with Gasteiger partial charge >= 0.3 is 12.1 Å². The van der Waals surface area contributed by atoms with E-state index in [0.717, 1.165) is 5.06 Å². The van der Waals surface area contributed by atoms with E-state index >= 15 is 0 Å². The van der Waals surface area contributed by atoms with Crippen LogP contribution in [0.2, 0.25) is 0 Å². The summed E-state index contributed by atoms with van der Waals surface area (Å²) in [6.07, 6.45) is 4.25. The number of nitrogens with one attached hydrogen (secondary N) is 1. The maximum atomic E-state index is 11.8. The first-order valence-electron chi connectivity index (χ1n) is 6.70. The second-order valence-electron chi connectivity index (χ2n) is 5.67. The van der Waals surface area contributed by atoms with Crippen LogP contribution in [0.4, 0.5) is 4.79 Å². The summed E-state index contributed by atoms with van der Waals surface area (Å²) in [6.45, 7) is 6.23. The number of hydrogen-bond donors (Lipinski definition) is 1. The molecule has 1 N–H and O–H groups in total. The second-order valence-corrected chi connectivity index (χ2v) is 5.67. The Morgan fingerprint density at radius 2 is 2.05 bits per heavy atom. The number of amides is 2. The van der Waals surface area contributed by atoms with E-state index in [1.54, 1.807) is 27.7 Å². The third kappa shape index (κ3) is 4.93. The molecule has 1 aliphatic rings. The van der Waals surface area contributed by atoms with E-state index < -0.39 is 42.3 Å². The zero-order valence-corrected chi connectivity index (χ0v) is 13.0. The fraction of sp³-hybridized carbons (Fsp3) is 0.643. The average molecular weight is 312 g/mol. The van der Waals surface area contributed by atoms with Crippen molar-refractivity contribution in [1.29, 1.82) is 0 Å². The molecule has 1 fully saturated rings. The maximum Gasteiger partial charge on any atom is 0.408 e. The van der Waals surface area contributed by atoms with Gasteiger partial charge < -0.3 is 14.8 Å². The third-order valence-electron chi connectivity index (χ3n) is 2.65. The fourth-order valence-corrected chi connectivity index (χ4v) is 1.68. The Balaban J connectivity index is 2.39. The first kappa shape index (κ1) is 17.8. The lowest BCUT2D eigenvalue weighted by Crippen LogP contribution is -2.69. The summed E-state index contributed by atoms with van der Waals surface area (Å²) in [5, 5.41) is 3.45. The molecule has 0 aromatic heterocycles. The Morgan fingerprint density at radius 3 is 2.55 bits per heavy atom. The second kappa shape index (κ2) is 7.13. The molecule has 8 nitrogen and oxygen atoms in total. The Labute approximate surface area is 129 Å². The molecule has 122 valence electrons. The van der Waals surface area contributed by atoms with Crippen LogP contribution in [0.15, 0.2) is 0 Å². The van der Waals surface area contributed by atoms with Crippen molar-refractivity contribution in [3.63, 3.8) is 0 Å². The molecule has 8 heteroatoms. The molecule has 2 amide bonds. The van der Waals surface area contributed by atoms with Gasteiger partial charge in [-0.1, -0.05) is 5.92 Å². The number of terminal acetylenes is 1. The number of β-lactam (4-membered cyclic amide) rings is 1. The summed E-state index contributed by atoms with van der Waals surface area (Å²) >= 11 is 0. The quantitative estimate of drug-likeness (QED) is 0.443. The number of carbonyl (C=O) groups excluding carboxylic acids is 3. The predicted octanol–water partition coefficient (Wildman–Crippen LogP) is 0.218. The lowest BCUT2D eigenvalue weighted by atomic mass is 10.0. The van der Waals surface area contributed by atoms with E-state index in [4.69, 9.17) is 16.0 Å². The molecule has 0 unspecified atom stereocenters. The maximum absolute atomic E-state index is 11.8. The number of esters is 1. The molecule has 0 aliphatic carbocycles. The monoisotopic (exact) mass is 312 g/mol. The van der Waals surface area contributed by atoms with Crippen LogP contribution in [0, 0.1) is 12.3 Å². The highest BCUT2D eigenvalue weighted by atomic mass is 16.7. The third-order valence-corrected chi connectivity index (χ3v) is 2.65. The molecule has 1 aliphatic heterocycles. The standard InChI is InChI=1S/C14H20N2O6/c1-6-7-20-10(17)8-21-16-9(2)11(12(16)18)15-13(19)22-14(3,4)5/h1,9,11H,7-8H2,2-5H3,(H,15,19)/t9-,11-/m0/s1. The smallest absolute Gasteiger partial charge is 0.408 e. The summed E-state index contributed by atoms with van der Waals surface area (Å²) in [4.78, 5) is 39.7. The lowest BCUT2D eigenvalue weighted by Gasteiger charge is -2.43. The topological polar surface area (TPSA) is 94.2 Å². The molecule has 0 spiro atoms. The van der Waals surface area contributed by atoms with Crippen LogP contribution >= 0.6 is 0 Å². The van der Waals surface area contributed by atoms with E-state index in [2.05, 4.69) is 16.0 Å². The van der Waals surface area contributed by atoms with Gasteiger partial charge in [0.2, 0.25) is 0 Å². The van der Waals surface area contributed by atoms with Crippen molar-refractivity contribution >= 4 is 18.0 Å². The fourth-order valence-electron chi connectivity index (χ4n) is 1.68. The summed E-state index contributed by atoms with van der Waals surface area (Å²) in [5.74, 6) is 0.990. The van der Waals surface area contributed by atoms with Crippen molar-refractivity contribution in [2.45, 2.75) is 45.4 Å². The minimum absolute atomic E-state index is 0.158. The molecule has 0 radical (unpaired) electrons. The van der Waals surface area contributed by atoms with Crippen LogP contribution in [0.1, 0.15) is 27.7 Å². The number of ether oxygens (including phenoxy) is 2. The molecule has 22 heavy (non-hydrogen) atoms. The molecular weight excluding hydrogens is 292 g/mol. The first-order valence-corrected chi connectivity index (χ1v) is 6.70. The van der Waals surface area contributed by atoms with Crippen LogP contribution in [0.3, 0.4) is 0 Å². The predicted molar refractivity (Wildman–Crippen MR) is 75.2 cm³/mol. The minimum Gasteiger partial charge on any atom is -0.451 e. The molecule has 0 saturated carbocycles. The Kier molecular flexibility index (Phi) is 5.77. The molecule has 1 saturated heterocycles. The van der Waals surface area contributed by atoms with Crippen LogP contribution < -0.4 is 5.32 Å². The normalized spacial score (nSPS) is 20.7. The Morgan fingerprint density at radius 1 is 1.41 bits per heavy atom. The summed E-state index contributed by atoms with van der Waals surface area (Å²) in [7, 11) is 0. The van der Waals surface area contributed by atoms with Crippen molar-refractivity contribution in [3.05, 3.63) is 0 Å². The van der Waals surface area contributed by atoms with Gasteiger partial charge in [-0.25, -0.2) is 14.7 Å². The van der Waals surface area contributed by atoms with Gasteiger partial charge in [0.25, 0.3) is 5.91 Å². The van der Waals surface area contributed by atoms with E-state index in [1.807, 2.05) is 0 Å². The van der Waals surface area contributed by atoms with Crippen molar-refractivity contribution in [2.75, 3.05) is 13.2 Å². The summed E-state index contributed by atoms with van der Waals surface area (Å²) in [6, 6.07) is -1.18. The molecule has 2 atom stereocenters. The number of hydrogen-bond acceptors (Lipinski definition) is 6. The van der Waals surface area contributed by atoms with Gasteiger partial charge in [-0.3, -0.25) is 9.63 Å². The van der Waals surface area contributed by atoms with Crippen LogP contribution in [0.5, 0.6) is 0 Å². The highest BCUT2D eigenvalue weighted by Gasteiger charge is 2.47. The van der Waals surface area contributed by atoms with Crippen molar-refractivity contribution in [3.8, 4) is 12.3 Å². The van der Waals surface area contributed by atoms with Gasteiger partial charge in [-0.15, -0.1) is 6.42 Å². The van der Waals surface area contributed by atoms with E-state index in [0.29, 0.717) is 0 Å². The lowest BCUT2D eigenvalue weighted by molar-refractivity contribution is -0.234. The zero-order valence-electron chi connectivity index (χ0n) is 13.0. The first-order chi connectivity index (χ1) is 10.2. The Hall–Kier alpha value is -2.27. The zero-order chi connectivity index (χ0) is 16.9. The number of rotatable bonds is 5. The van der Waals surface area contributed by atoms with Crippen LogP contribution in [-0.4, -0.2) is 53.9 Å². The Bertz CT molecular complexity index is 491. The average Bonchev–Trinajstić information content (AvgIpc) is 2.40. The van der Waals surface area contributed by atoms with Gasteiger partial charge in [0.15, 0.2) is 13.2 Å². The van der Waals surface area contributed by atoms with Crippen molar-refractivity contribution < 1.29 is 28.7 Å². The van der Waals surface area contributed by atoms with Crippen molar-refractivity contribution in [2.24, 2.45) is 0 Å². The van der Waals surface area contributed by atoms with Gasteiger partial charge in [0.05, 0.1) is 6.04 Å². The van der Waals surface area contributed by atoms with Gasteiger partial charge in [0.1, 0.15) is 11.6 Å². The summed E-state index contributed by atoms with van der Waals surface area (Å²) < 4.78 is 9.66. The van der Waals surface area contributed by atoms with Crippen LogP contribution in [0.25, 0.3) is 0 Å². The van der Waals surface area contributed by atoms with Gasteiger partial charge in [-0.05, 0) is 27.7 Å². The van der Waals surface area contributed by atoms with Gasteiger partial charge in [-0.2, -0.15) is 0 Å². The summed E-state index contributed by atoms with van der Waals surface area (Å²) in [5.41, 5.74) is -0.656. The molecule has 1 rings (SSSR count). The highest BCUT2D eigenvalue weighted by Crippen LogP contribution is 2.20. The SMILES string of the molecule is C#CCOC(=O)CON1C(=O)[C@@H](NC(=O)OC(C)(C)C)[C@@H]1C.